The summed E-state index contributed by atoms with van der Waals surface area (Å²) in [6, 6.07) is 0.959. The summed E-state index contributed by atoms with van der Waals surface area (Å²) in [5.74, 6) is -14.8. The second-order valence-electron chi connectivity index (χ2n) is 8.87. The van der Waals surface area contributed by atoms with Gasteiger partial charge in [0.1, 0.15) is 17.1 Å². The molecule has 0 spiro atoms. The molecule has 0 aromatic heterocycles. The molecule has 3 aromatic rings. The molecule has 4 rings (SSSR count). The number of benzene rings is 3. The molecular formula is C25H7F16NO2. The van der Waals surface area contributed by atoms with E-state index in [1.165, 1.54) is 0 Å². The Balaban J connectivity index is 2.24. The Kier molecular flexibility index (Phi) is 7.67. The SMILES string of the molecule is N#CCc1c(F)c(F)c(F)c(F)c1-c1c2c(cc(OC(F)(F)F)c1C(F)(F)F)-c1cc(OC(F)(F)F)c(C(F)(F)F)cc1C2. The Labute approximate surface area is 232 Å². The fourth-order valence-electron chi connectivity index (χ4n) is 4.71. The van der Waals surface area contributed by atoms with E-state index in [1.54, 1.807) is 0 Å². The zero-order valence-corrected chi connectivity index (χ0v) is 20.5. The van der Waals surface area contributed by atoms with Crippen molar-refractivity contribution in [2.24, 2.45) is 0 Å². The molecule has 0 aliphatic heterocycles. The van der Waals surface area contributed by atoms with Gasteiger partial charge in [0.15, 0.2) is 23.3 Å². The molecule has 0 saturated heterocycles. The van der Waals surface area contributed by atoms with Gasteiger partial charge in [-0.05, 0) is 46.9 Å². The number of nitrogens with zero attached hydrogens (tertiary/aromatic N) is 1. The van der Waals surface area contributed by atoms with E-state index in [9.17, 15) is 65.9 Å². The lowest BCUT2D eigenvalue weighted by Gasteiger charge is -2.24. The average molecular weight is 657 g/mol. The minimum Gasteiger partial charge on any atom is -0.405 e. The predicted octanol–water partition coefficient (Wildman–Crippen LogP) is 9.38. The van der Waals surface area contributed by atoms with Gasteiger partial charge in [0.25, 0.3) is 0 Å². The van der Waals surface area contributed by atoms with Crippen molar-refractivity contribution in [3.63, 3.8) is 0 Å². The molecule has 0 N–H and O–H groups in total. The topological polar surface area (TPSA) is 42.2 Å². The maximum atomic E-state index is 15.2. The van der Waals surface area contributed by atoms with Crippen molar-refractivity contribution in [2.75, 3.05) is 0 Å². The lowest BCUT2D eigenvalue weighted by Crippen LogP contribution is -2.22. The summed E-state index contributed by atoms with van der Waals surface area (Å²) in [5.41, 5.74) is -14.1. The van der Waals surface area contributed by atoms with E-state index in [-0.39, 0.29) is 18.2 Å². The highest BCUT2D eigenvalue weighted by molar-refractivity contribution is 5.90. The second kappa shape index (κ2) is 10.4. The first-order chi connectivity index (χ1) is 20.0. The first-order valence-electron chi connectivity index (χ1n) is 11.2. The molecule has 0 atom stereocenters. The first kappa shape index (κ1) is 32.5. The standard InChI is InChI=1S/C25H7F16NO2/c26-18-8(1-2-42)16(19(27)21(29)20(18)28)15-11-3-7-4-12(22(30,31)32)13(43-24(36,37)38)5-9(7)10(11)6-14(44-25(39,40)41)17(15)23(33,34)35/h4-6H,1,3H2. The van der Waals surface area contributed by atoms with Crippen LogP contribution in [0.4, 0.5) is 70.2 Å². The van der Waals surface area contributed by atoms with Gasteiger partial charge in [-0.3, -0.25) is 0 Å². The summed E-state index contributed by atoms with van der Waals surface area (Å²) in [7, 11) is 0. The van der Waals surface area contributed by atoms with Gasteiger partial charge in [-0.2, -0.15) is 31.6 Å². The van der Waals surface area contributed by atoms with Crippen molar-refractivity contribution in [1.82, 2.24) is 0 Å². The number of hydrogen-bond acceptors (Lipinski definition) is 3. The van der Waals surface area contributed by atoms with E-state index >= 15 is 4.39 Å². The second-order valence-corrected chi connectivity index (χ2v) is 8.87. The van der Waals surface area contributed by atoms with Crippen molar-refractivity contribution in [2.45, 2.75) is 37.9 Å². The Morgan fingerprint density at radius 1 is 0.636 bits per heavy atom. The minimum absolute atomic E-state index is 0.0235. The summed E-state index contributed by atoms with van der Waals surface area (Å²) in [6.07, 6.45) is -26.2. The molecule has 0 bridgehead atoms. The van der Waals surface area contributed by atoms with Crippen LogP contribution in [0.3, 0.4) is 0 Å². The van der Waals surface area contributed by atoms with Crippen LogP contribution >= 0.6 is 0 Å². The third-order valence-electron chi connectivity index (χ3n) is 6.17. The summed E-state index contributed by atoms with van der Waals surface area (Å²) in [6.45, 7) is 0. The number of halogens is 16. The van der Waals surface area contributed by atoms with Crippen molar-refractivity contribution in [1.29, 1.82) is 5.26 Å². The maximum absolute atomic E-state index is 15.2. The fraction of sp³-hybridized carbons (Fsp3) is 0.240. The van der Waals surface area contributed by atoms with Crippen LogP contribution < -0.4 is 9.47 Å². The summed E-state index contributed by atoms with van der Waals surface area (Å²) >= 11 is 0. The number of nitriles is 1. The van der Waals surface area contributed by atoms with Gasteiger partial charge in [0, 0.05) is 16.7 Å². The normalized spacial score (nSPS) is 13.4. The Morgan fingerprint density at radius 3 is 1.66 bits per heavy atom. The zero-order chi connectivity index (χ0) is 33.3. The van der Waals surface area contributed by atoms with Crippen LogP contribution in [0.15, 0.2) is 18.2 Å². The van der Waals surface area contributed by atoms with E-state index in [1.807, 2.05) is 0 Å². The Hall–Kier alpha value is -4.37. The molecule has 1 aliphatic carbocycles. The van der Waals surface area contributed by atoms with E-state index < -0.39 is 123 Å². The summed E-state index contributed by atoms with van der Waals surface area (Å²) in [4.78, 5) is 0. The summed E-state index contributed by atoms with van der Waals surface area (Å²) in [5, 5.41) is 9.01. The Bertz CT molecular complexity index is 1710. The molecular weight excluding hydrogens is 650 g/mol. The van der Waals surface area contributed by atoms with Crippen molar-refractivity contribution < 1.29 is 79.7 Å². The van der Waals surface area contributed by atoms with Gasteiger partial charge >= 0.3 is 25.1 Å². The van der Waals surface area contributed by atoms with Crippen LogP contribution in [-0.2, 0) is 25.2 Å². The summed E-state index contributed by atoms with van der Waals surface area (Å²) < 4.78 is 228. The predicted molar refractivity (Wildman–Crippen MR) is 113 cm³/mol. The highest BCUT2D eigenvalue weighted by Crippen LogP contribution is 2.55. The van der Waals surface area contributed by atoms with Crippen LogP contribution in [0.25, 0.3) is 22.3 Å². The molecule has 236 valence electrons. The molecule has 3 aromatic carbocycles. The van der Waals surface area contributed by atoms with Crippen molar-refractivity contribution in [3.8, 4) is 39.8 Å². The molecule has 0 radical (unpaired) electrons. The molecule has 0 amide bonds. The maximum Gasteiger partial charge on any atom is 0.573 e. The van der Waals surface area contributed by atoms with E-state index in [2.05, 4.69) is 9.47 Å². The molecule has 19 heteroatoms. The largest absolute Gasteiger partial charge is 0.573 e. The monoisotopic (exact) mass is 657 g/mol. The van der Waals surface area contributed by atoms with Gasteiger partial charge in [-0.1, -0.05) is 0 Å². The number of rotatable bonds is 4. The fourth-order valence-corrected chi connectivity index (χ4v) is 4.71. The van der Waals surface area contributed by atoms with Crippen LogP contribution in [0.1, 0.15) is 27.8 Å². The lowest BCUT2D eigenvalue weighted by molar-refractivity contribution is -0.277. The number of alkyl halides is 12. The molecule has 44 heavy (non-hydrogen) atoms. The van der Waals surface area contributed by atoms with Gasteiger partial charge in [-0.15, -0.1) is 26.3 Å². The van der Waals surface area contributed by atoms with Crippen LogP contribution in [0.2, 0.25) is 0 Å². The van der Waals surface area contributed by atoms with Crippen molar-refractivity contribution >= 4 is 0 Å². The van der Waals surface area contributed by atoms with Crippen LogP contribution in [0.5, 0.6) is 11.5 Å². The molecule has 3 nitrogen and oxygen atoms in total. The zero-order valence-electron chi connectivity index (χ0n) is 20.5. The van der Waals surface area contributed by atoms with Gasteiger partial charge in [0.05, 0.1) is 18.1 Å². The van der Waals surface area contributed by atoms with Crippen LogP contribution in [-0.4, -0.2) is 12.7 Å². The third kappa shape index (κ3) is 5.88. The smallest absolute Gasteiger partial charge is 0.405 e. The van der Waals surface area contributed by atoms with Crippen molar-refractivity contribution in [3.05, 3.63) is 69.3 Å². The van der Waals surface area contributed by atoms with Gasteiger partial charge in [0.2, 0.25) is 0 Å². The molecule has 1 aliphatic rings. The lowest BCUT2D eigenvalue weighted by atomic mass is 9.86. The van der Waals surface area contributed by atoms with Gasteiger partial charge in [-0.25, -0.2) is 17.6 Å². The third-order valence-corrected chi connectivity index (χ3v) is 6.17. The molecule has 0 unspecified atom stereocenters. The number of hydrogen-bond donors (Lipinski definition) is 0. The molecule has 0 fully saturated rings. The first-order valence-corrected chi connectivity index (χ1v) is 11.2. The highest BCUT2D eigenvalue weighted by Gasteiger charge is 2.47. The van der Waals surface area contributed by atoms with E-state index in [0.29, 0.717) is 0 Å². The van der Waals surface area contributed by atoms with E-state index in [0.717, 1.165) is 6.07 Å². The molecule has 0 saturated carbocycles. The van der Waals surface area contributed by atoms with Crippen LogP contribution in [0, 0.1) is 34.6 Å². The minimum atomic E-state index is -6.04. The highest BCUT2D eigenvalue weighted by atomic mass is 19.4. The average Bonchev–Trinajstić information content (AvgIpc) is 3.19. The Morgan fingerprint density at radius 2 is 1.16 bits per heavy atom. The quantitative estimate of drug-likeness (QED) is 0.125. The van der Waals surface area contributed by atoms with E-state index in [4.69, 9.17) is 5.26 Å². The number of ether oxygens (including phenoxy) is 2. The molecule has 0 heterocycles. The van der Waals surface area contributed by atoms with Gasteiger partial charge < -0.3 is 9.47 Å². The number of fused-ring (bicyclic) bond motifs is 3.